The van der Waals surface area contributed by atoms with E-state index in [-0.39, 0.29) is 5.91 Å². The molecule has 94 valence electrons. The highest BCUT2D eigenvalue weighted by molar-refractivity contribution is 5.86. The summed E-state index contributed by atoms with van der Waals surface area (Å²) < 4.78 is 0. The lowest BCUT2D eigenvalue weighted by Crippen LogP contribution is -2.46. The van der Waals surface area contributed by atoms with Crippen LogP contribution in [0.15, 0.2) is 0 Å². The lowest BCUT2D eigenvalue weighted by molar-refractivity contribution is -0.152. The van der Waals surface area contributed by atoms with E-state index in [0.29, 0.717) is 5.92 Å². The molecule has 0 saturated carbocycles. The van der Waals surface area contributed by atoms with Crippen molar-refractivity contribution >= 4 is 11.9 Å². The quantitative estimate of drug-likeness (QED) is 0.784. The molecule has 1 unspecified atom stereocenters. The van der Waals surface area contributed by atoms with Crippen molar-refractivity contribution in [2.45, 2.75) is 47.1 Å². The monoisotopic (exact) mass is 229 g/mol. The van der Waals surface area contributed by atoms with Crippen LogP contribution in [0, 0.1) is 11.3 Å². The van der Waals surface area contributed by atoms with Gasteiger partial charge in [-0.2, -0.15) is 0 Å². The van der Waals surface area contributed by atoms with Gasteiger partial charge in [-0.1, -0.05) is 27.7 Å². The fourth-order valence-corrected chi connectivity index (χ4v) is 1.93. The van der Waals surface area contributed by atoms with E-state index in [2.05, 4.69) is 13.8 Å². The number of aliphatic carboxylic acids is 1. The molecule has 0 fully saturated rings. The number of hydrogen-bond acceptors (Lipinski definition) is 2. The Kier molecular flexibility index (Phi) is 4.97. The Morgan fingerprint density at radius 3 is 2.00 bits per heavy atom. The highest BCUT2D eigenvalue weighted by Crippen LogP contribution is 2.28. The number of hydrogen-bond donors (Lipinski definition) is 1. The van der Waals surface area contributed by atoms with Crippen LogP contribution in [0.3, 0.4) is 0 Å². The molecule has 0 aromatic carbocycles. The SMILES string of the molecule is CC(C)CC(C)(C)C(=O)N(C)C(C)C(=O)O. The Balaban J connectivity index is 4.71. The molecule has 0 bridgehead atoms. The Hall–Kier alpha value is -1.06. The summed E-state index contributed by atoms with van der Waals surface area (Å²) in [5, 5.41) is 8.86. The third-order valence-electron chi connectivity index (χ3n) is 2.76. The molecule has 4 nitrogen and oxygen atoms in total. The standard InChI is InChI=1S/C12H23NO3/c1-8(2)7-12(4,5)11(16)13(6)9(3)10(14)15/h8-9H,7H2,1-6H3,(H,14,15). The zero-order valence-electron chi connectivity index (χ0n) is 11.1. The number of amides is 1. The van der Waals surface area contributed by atoms with Crippen LogP contribution in [0.5, 0.6) is 0 Å². The van der Waals surface area contributed by atoms with E-state index in [4.69, 9.17) is 5.11 Å². The molecule has 0 rings (SSSR count). The van der Waals surface area contributed by atoms with Crippen molar-refractivity contribution < 1.29 is 14.7 Å². The van der Waals surface area contributed by atoms with Crippen LogP contribution in [0.25, 0.3) is 0 Å². The van der Waals surface area contributed by atoms with Crippen LogP contribution < -0.4 is 0 Å². The van der Waals surface area contributed by atoms with Crippen molar-refractivity contribution in [3.8, 4) is 0 Å². The van der Waals surface area contributed by atoms with Gasteiger partial charge in [-0.15, -0.1) is 0 Å². The van der Waals surface area contributed by atoms with Gasteiger partial charge in [0.1, 0.15) is 6.04 Å². The zero-order chi connectivity index (χ0) is 13.1. The minimum absolute atomic E-state index is 0.115. The molecule has 0 aromatic heterocycles. The zero-order valence-corrected chi connectivity index (χ0v) is 11.1. The maximum absolute atomic E-state index is 12.1. The summed E-state index contributed by atoms with van der Waals surface area (Å²) >= 11 is 0. The molecule has 1 atom stereocenters. The topological polar surface area (TPSA) is 57.6 Å². The number of likely N-dealkylation sites (N-methyl/N-ethyl adjacent to an activating group) is 1. The van der Waals surface area contributed by atoms with Gasteiger partial charge in [-0.3, -0.25) is 4.79 Å². The molecule has 4 heteroatoms. The largest absolute Gasteiger partial charge is 0.480 e. The lowest BCUT2D eigenvalue weighted by Gasteiger charge is -2.32. The van der Waals surface area contributed by atoms with E-state index in [9.17, 15) is 9.59 Å². The van der Waals surface area contributed by atoms with Crippen LogP contribution >= 0.6 is 0 Å². The molecule has 0 aliphatic heterocycles. The smallest absolute Gasteiger partial charge is 0.326 e. The molecule has 0 aromatic rings. The first-order valence-electron chi connectivity index (χ1n) is 5.59. The van der Waals surface area contributed by atoms with Gasteiger partial charge in [0.25, 0.3) is 0 Å². The van der Waals surface area contributed by atoms with E-state index in [1.54, 1.807) is 7.05 Å². The van der Waals surface area contributed by atoms with Crippen molar-refractivity contribution in [3.63, 3.8) is 0 Å². The molecule has 0 radical (unpaired) electrons. The summed E-state index contributed by atoms with van der Waals surface area (Å²) in [6.07, 6.45) is 0.752. The second kappa shape index (κ2) is 5.32. The van der Waals surface area contributed by atoms with E-state index in [1.807, 2.05) is 13.8 Å². The predicted octanol–water partition coefficient (Wildman–Crippen LogP) is 1.99. The number of carboxylic acids is 1. The van der Waals surface area contributed by atoms with Crippen LogP contribution in [0.1, 0.15) is 41.0 Å². The second-order valence-electron chi connectivity index (χ2n) is 5.41. The van der Waals surface area contributed by atoms with Gasteiger partial charge in [-0.25, -0.2) is 4.79 Å². The van der Waals surface area contributed by atoms with Crippen molar-refractivity contribution in [3.05, 3.63) is 0 Å². The summed E-state index contributed by atoms with van der Waals surface area (Å²) in [4.78, 5) is 24.2. The normalized spacial score (nSPS) is 13.7. The van der Waals surface area contributed by atoms with Crippen molar-refractivity contribution in [2.24, 2.45) is 11.3 Å². The number of rotatable bonds is 5. The predicted molar refractivity (Wildman–Crippen MR) is 63.1 cm³/mol. The Morgan fingerprint density at radius 2 is 1.69 bits per heavy atom. The summed E-state index contributed by atoms with van der Waals surface area (Å²) in [5.41, 5.74) is -0.507. The molecule has 1 amide bonds. The van der Waals surface area contributed by atoms with Crippen LogP contribution in [0.2, 0.25) is 0 Å². The Bertz CT molecular complexity index is 271. The van der Waals surface area contributed by atoms with Crippen molar-refractivity contribution in [1.29, 1.82) is 0 Å². The molecular formula is C12H23NO3. The van der Waals surface area contributed by atoms with E-state index < -0.39 is 17.4 Å². The van der Waals surface area contributed by atoms with E-state index >= 15 is 0 Å². The van der Waals surface area contributed by atoms with Gasteiger partial charge in [0, 0.05) is 12.5 Å². The molecule has 0 heterocycles. The minimum Gasteiger partial charge on any atom is -0.480 e. The van der Waals surface area contributed by atoms with Gasteiger partial charge >= 0.3 is 5.97 Å². The molecule has 1 N–H and O–H groups in total. The first kappa shape index (κ1) is 14.9. The fraction of sp³-hybridized carbons (Fsp3) is 0.833. The molecule has 16 heavy (non-hydrogen) atoms. The van der Waals surface area contributed by atoms with E-state index in [1.165, 1.54) is 11.8 Å². The highest BCUT2D eigenvalue weighted by Gasteiger charge is 2.34. The van der Waals surface area contributed by atoms with Crippen LogP contribution in [-0.4, -0.2) is 35.0 Å². The Morgan fingerprint density at radius 1 is 1.25 bits per heavy atom. The van der Waals surface area contributed by atoms with Gasteiger partial charge < -0.3 is 10.0 Å². The molecule has 0 saturated heterocycles. The average molecular weight is 229 g/mol. The summed E-state index contributed by atoms with van der Waals surface area (Å²) in [6.45, 7) is 9.35. The number of carbonyl (C=O) groups excluding carboxylic acids is 1. The molecule has 0 aliphatic carbocycles. The van der Waals surface area contributed by atoms with Crippen LogP contribution in [0.4, 0.5) is 0 Å². The molecule has 0 spiro atoms. The average Bonchev–Trinajstić information content (AvgIpc) is 2.12. The maximum Gasteiger partial charge on any atom is 0.326 e. The lowest BCUT2D eigenvalue weighted by atomic mass is 9.82. The van der Waals surface area contributed by atoms with Crippen LogP contribution in [-0.2, 0) is 9.59 Å². The Labute approximate surface area is 97.6 Å². The molecular weight excluding hydrogens is 206 g/mol. The second-order valence-corrected chi connectivity index (χ2v) is 5.41. The molecule has 0 aliphatic rings. The van der Waals surface area contributed by atoms with Gasteiger partial charge in [0.15, 0.2) is 0 Å². The van der Waals surface area contributed by atoms with E-state index in [0.717, 1.165) is 6.42 Å². The summed E-state index contributed by atoms with van der Waals surface area (Å²) in [7, 11) is 1.54. The number of carboxylic acid groups (broad SMARTS) is 1. The number of carbonyl (C=O) groups is 2. The highest BCUT2D eigenvalue weighted by atomic mass is 16.4. The number of nitrogens with zero attached hydrogens (tertiary/aromatic N) is 1. The van der Waals surface area contributed by atoms with Gasteiger partial charge in [-0.05, 0) is 19.3 Å². The third kappa shape index (κ3) is 3.83. The minimum atomic E-state index is -0.976. The van der Waals surface area contributed by atoms with Crippen molar-refractivity contribution in [1.82, 2.24) is 4.90 Å². The maximum atomic E-state index is 12.1. The van der Waals surface area contributed by atoms with Gasteiger partial charge in [0.2, 0.25) is 5.91 Å². The summed E-state index contributed by atoms with van der Waals surface area (Å²) in [5.74, 6) is -0.681. The summed E-state index contributed by atoms with van der Waals surface area (Å²) in [6, 6.07) is -0.779. The van der Waals surface area contributed by atoms with Crippen molar-refractivity contribution in [2.75, 3.05) is 7.05 Å². The van der Waals surface area contributed by atoms with Gasteiger partial charge in [0.05, 0.1) is 0 Å². The third-order valence-corrected chi connectivity index (χ3v) is 2.76. The fourth-order valence-electron chi connectivity index (χ4n) is 1.93. The first-order valence-corrected chi connectivity index (χ1v) is 5.59. The first-order chi connectivity index (χ1) is 7.09.